The van der Waals surface area contributed by atoms with Gasteiger partial charge in [0.1, 0.15) is 0 Å². The Bertz CT molecular complexity index is 1230. The number of carbonyl (C=O) groups is 1. The first kappa shape index (κ1) is 20.3. The number of carbonyl (C=O) groups excluding carboxylic acids is 1. The molecule has 2 N–H and O–H groups in total. The Morgan fingerprint density at radius 1 is 1.23 bits per heavy atom. The Balaban J connectivity index is 1.40. The number of H-pyrrole nitrogens is 1. The number of fused-ring (bicyclic) bond motifs is 1. The molecule has 4 aromatic rings. The number of aromatic nitrogens is 4. The van der Waals surface area contributed by atoms with Gasteiger partial charge in [0.15, 0.2) is 5.69 Å². The third-order valence-corrected chi connectivity index (χ3v) is 4.97. The van der Waals surface area contributed by atoms with Crippen LogP contribution in [0.2, 0.25) is 0 Å². The lowest BCUT2D eigenvalue weighted by atomic mass is 10.1. The van der Waals surface area contributed by atoms with Crippen LogP contribution in [0.3, 0.4) is 0 Å². The van der Waals surface area contributed by atoms with Crippen molar-refractivity contribution in [1.29, 1.82) is 5.26 Å². The van der Waals surface area contributed by atoms with Crippen molar-refractivity contribution in [3.63, 3.8) is 0 Å². The van der Waals surface area contributed by atoms with Gasteiger partial charge in [-0.25, -0.2) is 0 Å². The van der Waals surface area contributed by atoms with Crippen LogP contribution in [0.5, 0.6) is 0 Å². The van der Waals surface area contributed by atoms with Gasteiger partial charge < -0.3 is 10.2 Å². The van der Waals surface area contributed by atoms with Crippen molar-refractivity contribution in [2.24, 2.45) is 0 Å². The number of amides is 1. The number of anilines is 1. The standard InChI is InChI=1S/C23H23N7O/c1-29(11-5-10-24)14-17-6-4-7-18(12-17)15-30-16-19(13-25-30)26-23(31)22-20-8-2-3-9-21(20)27-28-22/h2-4,6-9,12-13,16H,5,11,14-15H2,1H3,(H,26,31)(H,27,28). The Hall–Kier alpha value is -3.96. The van der Waals surface area contributed by atoms with E-state index in [9.17, 15) is 4.79 Å². The molecule has 0 aliphatic carbocycles. The maximum absolute atomic E-state index is 12.6. The van der Waals surface area contributed by atoms with E-state index in [2.05, 4.69) is 49.8 Å². The number of para-hydroxylation sites is 1. The first-order valence-corrected chi connectivity index (χ1v) is 10.0. The maximum Gasteiger partial charge on any atom is 0.276 e. The molecule has 0 fully saturated rings. The second kappa shape index (κ2) is 9.24. The summed E-state index contributed by atoms with van der Waals surface area (Å²) in [5.74, 6) is -0.278. The van der Waals surface area contributed by atoms with E-state index in [4.69, 9.17) is 5.26 Å². The number of rotatable bonds is 8. The number of nitriles is 1. The van der Waals surface area contributed by atoms with Crippen LogP contribution in [-0.4, -0.2) is 44.4 Å². The molecule has 0 bridgehead atoms. The third-order valence-electron chi connectivity index (χ3n) is 4.97. The molecule has 0 unspecified atom stereocenters. The fourth-order valence-electron chi connectivity index (χ4n) is 3.49. The first-order valence-electron chi connectivity index (χ1n) is 10.0. The average Bonchev–Trinajstić information content (AvgIpc) is 3.39. The van der Waals surface area contributed by atoms with Crippen molar-refractivity contribution in [3.05, 3.63) is 77.7 Å². The molecule has 2 aromatic carbocycles. The summed E-state index contributed by atoms with van der Waals surface area (Å²) < 4.78 is 1.79. The molecule has 0 radical (unpaired) electrons. The number of nitrogens with zero attached hydrogens (tertiary/aromatic N) is 5. The zero-order valence-electron chi connectivity index (χ0n) is 17.2. The molecule has 0 aliphatic rings. The van der Waals surface area contributed by atoms with Crippen molar-refractivity contribution in [1.82, 2.24) is 24.9 Å². The lowest BCUT2D eigenvalue weighted by Crippen LogP contribution is -2.18. The molecule has 31 heavy (non-hydrogen) atoms. The molecule has 2 aromatic heterocycles. The summed E-state index contributed by atoms with van der Waals surface area (Å²) in [6, 6.07) is 18.0. The van der Waals surface area contributed by atoms with Crippen LogP contribution >= 0.6 is 0 Å². The highest BCUT2D eigenvalue weighted by molar-refractivity contribution is 6.10. The number of aromatic amines is 1. The predicted molar refractivity (Wildman–Crippen MR) is 118 cm³/mol. The first-order chi connectivity index (χ1) is 15.1. The van der Waals surface area contributed by atoms with Crippen molar-refractivity contribution in [2.75, 3.05) is 18.9 Å². The lowest BCUT2D eigenvalue weighted by Gasteiger charge is -2.15. The molecule has 0 aliphatic heterocycles. The van der Waals surface area contributed by atoms with Gasteiger partial charge in [0.2, 0.25) is 0 Å². The van der Waals surface area contributed by atoms with Gasteiger partial charge in [-0.2, -0.15) is 15.5 Å². The van der Waals surface area contributed by atoms with Gasteiger partial charge in [0.05, 0.1) is 30.0 Å². The molecule has 1 amide bonds. The maximum atomic E-state index is 12.6. The molecule has 156 valence electrons. The molecule has 0 saturated heterocycles. The van der Waals surface area contributed by atoms with Gasteiger partial charge >= 0.3 is 0 Å². The molecule has 8 heteroatoms. The Morgan fingerprint density at radius 2 is 2.06 bits per heavy atom. The van der Waals surface area contributed by atoms with E-state index in [1.807, 2.05) is 37.4 Å². The molecule has 0 saturated carbocycles. The topological polar surface area (TPSA) is 103 Å². The SMILES string of the molecule is CN(CCC#N)Cc1cccc(Cn2cc(NC(=O)c3n[nH]c4ccccc34)cn2)c1. The molecule has 0 atom stereocenters. The number of nitrogens with one attached hydrogen (secondary N) is 2. The van der Waals surface area contributed by atoms with Crippen molar-refractivity contribution >= 4 is 22.5 Å². The third kappa shape index (κ3) is 4.97. The van der Waals surface area contributed by atoms with Gasteiger partial charge in [-0.05, 0) is 24.2 Å². The fraction of sp³-hybridized carbons (Fsp3) is 0.217. The summed E-state index contributed by atoms with van der Waals surface area (Å²) >= 11 is 0. The second-order valence-electron chi connectivity index (χ2n) is 7.46. The van der Waals surface area contributed by atoms with Gasteiger partial charge in [-0.1, -0.05) is 42.5 Å². The van der Waals surface area contributed by atoms with E-state index in [1.165, 1.54) is 5.56 Å². The summed E-state index contributed by atoms with van der Waals surface area (Å²) in [5.41, 5.74) is 4.09. The minimum atomic E-state index is -0.278. The lowest BCUT2D eigenvalue weighted by molar-refractivity contribution is 0.102. The zero-order chi connectivity index (χ0) is 21.6. The Labute approximate surface area is 180 Å². The van der Waals surface area contributed by atoms with Crippen LogP contribution in [0.4, 0.5) is 5.69 Å². The van der Waals surface area contributed by atoms with Gasteiger partial charge in [0.25, 0.3) is 5.91 Å². The second-order valence-corrected chi connectivity index (χ2v) is 7.46. The summed E-state index contributed by atoms with van der Waals surface area (Å²) in [6.45, 7) is 2.12. The summed E-state index contributed by atoms with van der Waals surface area (Å²) in [6.07, 6.45) is 3.96. The summed E-state index contributed by atoms with van der Waals surface area (Å²) in [4.78, 5) is 14.8. The van der Waals surface area contributed by atoms with Crippen LogP contribution in [-0.2, 0) is 13.1 Å². The van der Waals surface area contributed by atoms with Crippen molar-refractivity contribution in [2.45, 2.75) is 19.5 Å². The van der Waals surface area contributed by atoms with Crippen molar-refractivity contribution in [3.8, 4) is 6.07 Å². The van der Waals surface area contributed by atoms with Gasteiger partial charge in [-0.3, -0.25) is 14.6 Å². The van der Waals surface area contributed by atoms with Crippen LogP contribution in [0, 0.1) is 11.3 Å². The van der Waals surface area contributed by atoms with Crippen LogP contribution in [0.1, 0.15) is 28.0 Å². The minimum absolute atomic E-state index is 0.278. The van der Waals surface area contributed by atoms with Gasteiger partial charge in [0, 0.05) is 31.1 Å². The van der Waals surface area contributed by atoms with E-state index < -0.39 is 0 Å². The van der Waals surface area contributed by atoms with E-state index in [1.54, 1.807) is 17.1 Å². The highest BCUT2D eigenvalue weighted by Crippen LogP contribution is 2.17. The predicted octanol–water partition coefficient (Wildman–Crippen LogP) is 3.41. The summed E-state index contributed by atoms with van der Waals surface area (Å²) in [7, 11) is 2.01. The molecule has 0 spiro atoms. The Kier molecular flexibility index (Phi) is 6.05. The number of hydrogen-bond acceptors (Lipinski definition) is 5. The van der Waals surface area contributed by atoms with Crippen LogP contribution in [0.15, 0.2) is 60.9 Å². The zero-order valence-corrected chi connectivity index (χ0v) is 17.2. The van der Waals surface area contributed by atoms with Crippen molar-refractivity contribution < 1.29 is 4.79 Å². The van der Waals surface area contributed by atoms with Crippen LogP contribution < -0.4 is 5.32 Å². The monoisotopic (exact) mass is 413 g/mol. The quantitative estimate of drug-likeness (QED) is 0.461. The average molecular weight is 413 g/mol. The van der Waals surface area contributed by atoms with E-state index in [-0.39, 0.29) is 5.91 Å². The van der Waals surface area contributed by atoms with E-state index in [0.29, 0.717) is 24.3 Å². The summed E-state index contributed by atoms with van der Waals surface area (Å²) in [5, 5.41) is 23.7. The van der Waals surface area contributed by atoms with Crippen LogP contribution in [0.25, 0.3) is 10.9 Å². The largest absolute Gasteiger partial charge is 0.318 e. The van der Waals surface area contributed by atoms with Gasteiger partial charge in [-0.15, -0.1) is 0 Å². The smallest absolute Gasteiger partial charge is 0.276 e. The van der Waals surface area contributed by atoms with E-state index >= 15 is 0 Å². The highest BCUT2D eigenvalue weighted by Gasteiger charge is 2.14. The number of hydrogen-bond donors (Lipinski definition) is 2. The Morgan fingerprint density at radius 3 is 2.94 bits per heavy atom. The normalized spacial score (nSPS) is 11.0. The highest BCUT2D eigenvalue weighted by atomic mass is 16.2. The minimum Gasteiger partial charge on any atom is -0.318 e. The fourth-order valence-corrected chi connectivity index (χ4v) is 3.49. The molecule has 8 nitrogen and oxygen atoms in total. The molecular weight excluding hydrogens is 390 g/mol. The van der Waals surface area contributed by atoms with E-state index in [0.717, 1.165) is 29.6 Å². The molecular formula is C23H23N7O. The molecule has 2 heterocycles. The molecule has 4 rings (SSSR count). The number of benzene rings is 2.